The summed E-state index contributed by atoms with van der Waals surface area (Å²) in [5.41, 5.74) is 1.07. The van der Waals surface area contributed by atoms with Crippen molar-refractivity contribution >= 4 is 5.97 Å². The second kappa shape index (κ2) is 7.40. The Kier molecular flexibility index (Phi) is 5.55. The summed E-state index contributed by atoms with van der Waals surface area (Å²) in [6.07, 6.45) is 4.02. The third kappa shape index (κ3) is 3.58. The molecule has 2 rings (SSSR count). The molecule has 0 saturated carbocycles. The Morgan fingerprint density at radius 2 is 2.20 bits per heavy atom. The van der Waals surface area contributed by atoms with Crippen molar-refractivity contribution < 1.29 is 14.3 Å². The van der Waals surface area contributed by atoms with Gasteiger partial charge in [-0.25, -0.2) is 4.98 Å². The molecule has 1 fully saturated rings. The lowest BCUT2D eigenvalue weighted by Gasteiger charge is -2.34. The Balaban J connectivity index is 2.16. The predicted octanol–water partition coefficient (Wildman–Crippen LogP) is 1.23. The van der Waals surface area contributed by atoms with Gasteiger partial charge in [-0.1, -0.05) is 0 Å². The summed E-state index contributed by atoms with van der Waals surface area (Å²) in [5.74, 6) is -0.159. The van der Waals surface area contributed by atoms with Crippen LogP contribution in [0.15, 0.2) is 12.5 Å². The number of rotatable bonds is 6. The molecular formula is C14H23N3O3. The average Bonchev–Trinajstić information content (AvgIpc) is 2.94. The van der Waals surface area contributed by atoms with E-state index in [1.165, 1.54) is 0 Å². The lowest BCUT2D eigenvalue weighted by Crippen LogP contribution is -2.40. The molecule has 6 nitrogen and oxygen atoms in total. The van der Waals surface area contributed by atoms with Crippen LogP contribution in [0.2, 0.25) is 0 Å². The first-order valence-electron chi connectivity index (χ1n) is 7.23. The number of esters is 1. The van der Waals surface area contributed by atoms with Crippen molar-refractivity contribution in [1.82, 2.24) is 14.5 Å². The summed E-state index contributed by atoms with van der Waals surface area (Å²) in [7, 11) is 0. The molecule has 2 heterocycles. The number of hydrogen-bond donors (Lipinski definition) is 0. The molecule has 0 bridgehead atoms. The summed E-state index contributed by atoms with van der Waals surface area (Å²) in [4.78, 5) is 18.4. The normalized spacial score (nSPS) is 17.9. The number of morpholine rings is 1. The summed E-state index contributed by atoms with van der Waals surface area (Å²) in [6.45, 7) is 8.25. The van der Waals surface area contributed by atoms with Crippen molar-refractivity contribution in [1.29, 1.82) is 0 Å². The molecule has 1 aromatic heterocycles. The van der Waals surface area contributed by atoms with E-state index < -0.39 is 0 Å². The van der Waals surface area contributed by atoms with Crippen LogP contribution < -0.4 is 0 Å². The molecule has 1 aliphatic heterocycles. The fourth-order valence-electron chi connectivity index (χ4n) is 2.56. The number of carbonyl (C=O) groups excluding carboxylic acids is 1. The van der Waals surface area contributed by atoms with Gasteiger partial charge in [0.2, 0.25) is 0 Å². The Morgan fingerprint density at radius 1 is 1.45 bits per heavy atom. The molecular weight excluding hydrogens is 258 g/mol. The minimum Gasteiger partial charge on any atom is -0.466 e. The summed E-state index contributed by atoms with van der Waals surface area (Å²) >= 11 is 0. The third-order valence-electron chi connectivity index (χ3n) is 3.58. The molecule has 20 heavy (non-hydrogen) atoms. The number of hydrogen-bond acceptors (Lipinski definition) is 5. The zero-order valence-corrected chi connectivity index (χ0v) is 12.2. The molecule has 0 aromatic carbocycles. The first kappa shape index (κ1) is 15.0. The predicted molar refractivity (Wildman–Crippen MR) is 74.3 cm³/mol. The number of carbonyl (C=O) groups is 1. The molecule has 0 spiro atoms. The van der Waals surface area contributed by atoms with E-state index in [-0.39, 0.29) is 12.0 Å². The van der Waals surface area contributed by atoms with Gasteiger partial charge in [0.15, 0.2) is 0 Å². The lowest BCUT2D eigenvalue weighted by molar-refractivity contribution is -0.145. The van der Waals surface area contributed by atoms with Crippen LogP contribution in [-0.4, -0.2) is 53.3 Å². The van der Waals surface area contributed by atoms with Crippen LogP contribution in [0.4, 0.5) is 0 Å². The van der Waals surface area contributed by atoms with Gasteiger partial charge in [-0.15, -0.1) is 0 Å². The van der Waals surface area contributed by atoms with Crippen molar-refractivity contribution in [2.75, 3.05) is 32.9 Å². The van der Waals surface area contributed by atoms with Crippen LogP contribution >= 0.6 is 0 Å². The molecule has 0 aliphatic carbocycles. The topological polar surface area (TPSA) is 56.6 Å². The van der Waals surface area contributed by atoms with Gasteiger partial charge in [0.05, 0.1) is 44.3 Å². The van der Waals surface area contributed by atoms with E-state index in [0.717, 1.165) is 25.3 Å². The highest BCUT2D eigenvalue weighted by Gasteiger charge is 2.27. The minimum atomic E-state index is -0.159. The van der Waals surface area contributed by atoms with Gasteiger partial charge in [-0.05, 0) is 13.8 Å². The highest BCUT2D eigenvalue weighted by atomic mass is 16.5. The van der Waals surface area contributed by atoms with Gasteiger partial charge in [0, 0.05) is 25.8 Å². The minimum absolute atomic E-state index is 0.0143. The van der Waals surface area contributed by atoms with Crippen molar-refractivity contribution in [2.24, 2.45) is 0 Å². The second-order valence-electron chi connectivity index (χ2n) is 4.78. The average molecular weight is 281 g/mol. The molecule has 1 saturated heterocycles. The number of aromatic nitrogens is 2. The van der Waals surface area contributed by atoms with E-state index in [2.05, 4.69) is 21.4 Å². The highest BCUT2D eigenvalue weighted by Crippen LogP contribution is 2.25. The van der Waals surface area contributed by atoms with Crippen LogP contribution in [0.5, 0.6) is 0 Å². The quantitative estimate of drug-likeness (QED) is 0.734. The number of ether oxygens (including phenoxy) is 2. The molecule has 6 heteroatoms. The van der Waals surface area contributed by atoms with Crippen LogP contribution in [0.25, 0.3) is 0 Å². The first-order valence-corrected chi connectivity index (χ1v) is 7.23. The molecule has 112 valence electrons. The zero-order valence-electron chi connectivity index (χ0n) is 12.2. The van der Waals surface area contributed by atoms with E-state index in [4.69, 9.17) is 9.47 Å². The van der Waals surface area contributed by atoms with Gasteiger partial charge in [0.1, 0.15) is 0 Å². The fourth-order valence-corrected chi connectivity index (χ4v) is 2.56. The van der Waals surface area contributed by atoms with Gasteiger partial charge in [0.25, 0.3) is 0 Å². The standard InChI is InChI=1S/C14H23N3O3/c1-3-16-11-15-10-13(16)12(9-14(18)20-4-2)17-5-7-19-8-6-17/h10-12H,3-9H2,1-2H3. The molecule has 0 amide bonds. The monoisotopic (exact) mass is 281 g/mol. The smallest absolute Gasteiger partial charge is 0.307 e. The fraction of sp³-hybridized carbons (Fsp3) is 0.714. The van der Waals surface area contributed by atoms with Crippen LogP contribution in [0, 0.1) is 0 Å². The molecule has 1 aromatic rings. The third-order valence-corrected chi connectivity index (χ3v) is 3.58. The van der Waals surface area contributed by atoms with E-state index in [1.807, 2.05) is 19.4 Å². The van der Waals surface area contributed by atoms with Gasteiger partial charge < -0.3 is 14.0 Å². The van der Waals surface area contributed by atoms with Crippen molar-refractivity contribution in [3.8, 4) is 0 Å². The maximum atomic E-state index is 11.9. The van der Waals surface area contributed by atoms with Crippen molar-refractivity contribution in [2.45, 2.75) is 32.9 Å². The Labute approximate surface area is 119 Å². The summed E-state index contributed by atoms with van der Waals surface area (Å²) < 4.78 is 12.6. The highest BCUT2D eigenvalue weighted by molar-refractivity contribution is 5.70. The summed E-state index contributed by atoms with van der Waals surface area (Å²) in [6, 6.07) is 0.0143. The maximum Gasteiger partial charge on any atom is 0.307 e. The first-order chi connectivity index (χ1) is 9.76. The van der Waals surface area contributed by atoms with E-state index in [1.54, 1.807) is 0 Å². The van der Waals surface area contributed by atoms with Gasteiger partial charge >= 0.3 is 5.97 Å². The number of imidazole rings is 1. The maximum absolute atomic E-state index is 11.9. The van der Waals surface area contributed by atoms with Crippen molar-refractivity contribution in [3.63, 3.8) is 0 Å². The Morgan fingerprint density at radius 3 is 2.85 bits per heavy atom. The van der Waals surface area contributed by atoms with Crippen LogP contribution in [0.3, 0.4) is 0 Å². The molecule has 0 radical (unpaired) electrons. The molecule has 1 unspecified atom stereocenters. The van der Waals surface area contributed by atoms with Crippen LogP contribution in [-0.2, 0) is 20.8 Å². The number of nitrogens with zero attached hydrogens (tertiary/aromatic N) is 3. The van der Waals surface area contributed by atoms with Gasteiger partial charge in [-0.2, -0.15) is 0 Å². The summed E-state index contributed by atoms with van der Waals surface area (Å²) in [5, 5.41) is 0. The van der Waals surface area contributed by atoms with E-state index in [9.17, 15) is 4.79 Å². The SMILES string of the molecule is CCOC(=O)CC(c1cncn1CC)N1CCOCC1. The molecule has 0 N–H and O–H groups in total. The molecule has 1 atom stereocenters. The van der Waals surface area contributed by atoms with E-state index >= 15 is 0 Å². The number of aryl methyl sites for hydroxylation is 1. The second-order valence-corrected chi connectivity index (χ2v) is 4.78. The van der Waals surface area contributed by atoms with E-state index in [0.29, 0.717) is 26.2 Å². The Bertz CT molecular complexity index is 427. The van der Waals surface area contributed by atoms with Gasteiger partial charge in [-0.3, -0.25) is 9.69 Å². The Hall–Kier alpha value is -1.40. The van der Waals surface area contributed by atoms with Crippen molar-refractivity contribution in [3.05, 3.63) is 18.2 Å². The van der Waals surface area contributed by atoms with Crippen LogP contribution in [0.1, 0.15) is 32.0 Å². The lowest BCUT2D eigenvalue weighted by atomic mass is 10.1. The zero-order chi connectivity index (χ0) is 14.4. The molecule has 1 aliphatic rings. The largest absolute Gasteiger partial charge is 0.466 e.